The molecule has 0 radical (unpaired) electrons. The van der Waals surface area contributed by atoms with Crippen molar-refractivity contribution in [2.75, 3.05) is 0 Å². The first-order valence-corrected chi connectivity index (χ1v) is 8.54. The fourth-order valence-corrected chi connectivity index (χ4v) is 3.89. The number of aryl methyl sites for hydroxylation is 2. The Morgan fingerprint density at radius 2 is 2.00 bits per heavy atom. The van der Waals surface area contributed by atoms with Gasteiger partial charge in [0.05, 0.1) is 10.9 Å². The maximum atomic E-state index is 12.9. The van der Waals surface area contributed by atoms with Gasteiger partial charge in [0, 0.05) is 17.5 Å². The molecule has 0 amide bonds. The molecular formula is C15H16FN3O2S. The van der Waals surface area contributed by atoms with E-state index in [1.807, 2.05) is 6.92 Å². The average Bonchev–Trinajstić information content (AvgIpc) is 2.47. The fraction of sp³-hybridized carbons (Fsp3) is 0.333. The van der Waals surface area contributed by atoms with Gasteiger partial charge in [-0.25, -0.2) is 27.5 Å². The quantitative estimate of drug-likeness (QED) is 0.941. The van der Waals surface area contributed by atoms with E-state index in [-0.39, 0.29) is 10.9 Å². The van der Waals surface area contributed by atoms with E-state index in [0.29, 0.717) is 12.2 Å². The van der Waals surface area contributed by atoms with Crippen LogP contribution in [0, 0.1) is 12.7 Å². The number of aromatic nitrogens is 2. The fourth-order valence-electron chi connectivity index (χ4n) is 2.64. The first kappa shape index (κ1) is 15.1. The van der Waals surface area contributed by atoms with E-state index in [9.17, 15) is 12.8 Å². The van der Waals surface area contributed by atoms with Gasteiger partial charge in [-0.15, -0.1) is 0 Å². The molecule has 1 heterocycles. The molecule has 0 fully saturated rings. The Bertz CT molecular complexity index is 791. The van der Waals surface area contributed by atoms with Gasteiger partial charge in [0.25, 0.3) is 0 Å². The third kappa shape index (κ3) is 3.00. The number of hydrogen-bond donors (Lipinski definition) is 1. The van der Waals surface area contributed by atoms with Crippen LogP contribution < -0.4 is 4.72 Å². The van der Waals surface area contributed by atoms with Crippen molar-refractivity contribution in [3.63, 3.8) is 0 Å². The van der Waals surface area contributed by atoms with Crippen LogP contribution in [0.2, 0.25) is 0 Å². The summed E-state index contributed by atoms with van der Waals surface area (Å²) in [6, 6.07) is 4.44. The summed E-state index contributed by atoms with van der Waals surface area (Å²) in [4.78, 5) is 8.59. The highest BCUT2D eigenvalue weighted by molar-refractivity contribution is 7.89. The highest BCUT2D eigenvalue weighted by Gasteiger charge is 2.27. The monoisotopic (exact) mass is 321 g/mol. The Morgan fingerprint density at radius 3 is 2.73 bits per heavy atom. The first-order chi connectivity index (χ1) is 10.5. The number of benzene rings is 1. The molecule has 1 atom stereocenters. The molecule has 0 unspecified atom stereocenters. The summed E-state index contributed by atoms with van der Waals surface area (Å²) >= 11 is 0. The van der Waals surface area contributed by atoms with Crippen molar-refractivity contribution in [1.82, 2.24) is 14.7 Å². The molecule has 0 bridgehead atoms. The molecule has 1 aromatic heterocycles. The molecule has 1 aromatic carbocycles. The van der Waals surface area contributed by atoms with Crippen LogP contribution >= 0.6 is 0 Å². The number of rotatable bonds is 3. The van der Waals surface area contributed by atoms with E-state index < -0.39 is 15.8 Å². The maximum absolute atomic E-state index is 12.9. The molecule has 22 heavy (non-hydrogen) atoms. The minimum Gasteiger partial charge on any atom is -0.241 e. The van der Waals surface area contributed by atoms with E-state index in [1.165, 1.54) is 12.1 Å². The minimum absolute atomic E-state index is 0.0500. The molecule has 0 saturated carbocycles. The van der Waals surface area contributed by atoms with E-state index in [2.05, 4.69) is 14.7 Å². The third-order valence-corrected chi connectivity index (χ3v) is 5.21. The third-order valence-electron chi connectivity index (χ3n) is 3.72. The van der Waals surface area contributed by atoms with Crippen molar-refractivity contribution >= 4 is 10.0 Å². The minimum atomic E-state index is -3.70. The van der Waals surface area contributed by atoms with Crippen molar-refractivity contribution in [3.8, 4) is 0 Å². The summed E-state index contributed by atoms with van der Waals surface area (Å²) in [7, 11) is -3.70. The number of nitrogens with one attached hydrogen (secondary N) is 1. The number of fused-ring (bicyclic) bond motifs is 1. The Hall–Kier alpha value is -1.86. The lowest BCUT2D eigenvalue weighted by atomic mass is 9.93. The number of halogens is 1. The zero-order chi connectivity index (χ0) is 15.7. The van der Waals surface area contributed by atoms with Gasteiger partial charge in [0.2, 0.25) is 10.0 Å². The Balaban J connectivity index is 1.89. The highest BCUT2D eigenvalue weighted by Crippen LogP contribution is 2.29. The van der Waals surface area contributed by atoms with E-state index in [0.717, 1.165) is 36.2 Å². The van der Waals surface area contributed by atoms with E-state index in [4.69, 9.17) is 0 Å². The second kappa shape index (κ2) is 5.73. The van der Waals surface area contributed by atoms with Crippen LogP contribution in [-0.2, 0) is 16.4 Å². The highest BCUT2D eigenvalue weighted by atomic mass is 32.2. The normalized spacial score (nSPS) is 18.0. The molecule has 2 aromatic rings. The lowest BCUT2D eigenvalue weighted by Gasteiger charge is -2.25. The second-order valence-corrected chi connectivity index (χ2v) is 7.05. The zero-order valence-corrected chi connectivity index (χ0v) is 12.9. The van der Waals surface area contributed by atoms with Gasteiger partial charge in [0.1, 0.15) is 11.6 Å². The predicted molar refractivity (Wildman–Crippen MR) is 79.2 cm³/mol. The lowest BCUT2D eigenvalue weighted by Crippen LogP contribution is -2.31. The van der Waals surface area contributed by atoms with Crippen LogP contribution in [0.15, 0.2) is 35.4 Å². The molecule has 5 nitrogen and oxygen atoms in total. The SMILES string of the molecule is Cc1ncc2c(n1)CCC[C@H]2NS(=O)(=O)c1ccc(F)cc1. The lowest BCUT2D eigenvalue weighted by molar-refractivity contribution is 0.499. The molecule has 0 saturated heterocycles. The van der Waals surface area contributed by atoms with Crippen molar-refractivity contribution in [2.45, 2.75) is 37.1 Å². The molecule has 1 N–H and O–H groups in total. The number of nitrogens with zero attached hydrogens (tertiary/aromatic N) is 2. The van der Waals surface area contributed by atoms with Gasteiger partial charge >= 0.3 is 0 Å². The van der Waals surface area contributed by atoms with Gasteiger partial charge < -0.3 is 0 Å². The Kier molecular flexibility index (Phi) is 3.92. The van der Waals surface area contributed by atoms with Crippen LogP contribution in [0.1, 0.15) is 36.0 Å². The Labute approximate surface area is 128 Å². The molecule has 1 aliphatic rings. The zero-order valence-electron chi connectivity index (χ0n) is 12.1. The van der Waals surface area contributed by atoms with Gasteiger partial charge in [-0.1, -0.05) is 0 Å². The molecule has 116 valence electrons. The van der Waals surface area contributed by atoms with Gasteiger partial charge in [-0.3, -0.25) is 0 Å². The van der Waals surface area contributed by atoms with E-state index >= 15 is 0 Å². The number of sulfonamides is 1. The second-order valence-electron chi connectivity index (χ2n) is 5.34. The summed E-state index contributed by atoms with van der Waals surface area (Å²) in [6.45, 7) is 1.81. The summed E-state index contributed by atoms with van der Waals surface area (Å²) in [6.07, 6.45) is 4.07. The van der Waals surface area contributed by atoms with Gasteiger partial charge in [-0.05, 0) is 50.5 Å². The molecular weight excluding hydrogens is 305 g/mol. The van der Waals surface area contributed by atoms with Crippen LogP contribution in [0.3, 0.4) is 0 Å². The molecule has 7 heteroatoms. The largest absolute Gasteiger partial charge is 0.241 e. The van der Waals surface area contributed by atoms with Crippen LogP contribution in [0.4, 0.5) is 4.39 Å². The molecule has 0 spiro atoms. The molecule has 0 aliphatic heterocycles. The molecule has 3 rings (SSSR count). The summed E-state index contributed by atoms with van der Waals surface area (Å²) in [5.41, 5.74) is 1.72. The summed E-state index contributed by atoms with van der Waals surface area (Å²) in [5.74, 6) is 0.214. The molecule has 1 aliphatic carbocycles. The smallest absolute Gasteiger partial charge is 0.241 e. The standard InChI is InChI=1S/C15H16FN3O2S/c1-10-17-9-13-14(18-10)3-2-4-15(13)19-22(20,21)12-7-5-11(16)6-8-12/h5-9,15,19H,2-4H2,1H3/t15-/m1/s1. The van der Waals surface area contributed by atoms with Crippen molar-refractivity contribution in [3.05, 3.63) is 53.4 Å². The first-order valence-electron chi connectivity index (χ1n) is 7.06. The maximum Gasteiger partial charge on any atom is 0.241 e. The van der Waals surface area contributed by atoms with Gasteiger partial charge in [0.15, 0.2) is 0 Å². The Morgan fingerprint density at radius 1 is 1.27 bits per heavy atom. The average molecular weight is 321 g/mol. The van der Waals surface area contributed by atoms with Crippen molar-refractivity contribution < 1.29 is 12.8 Å². The van der Waals surface area contributed by atoms with Crippen LogP contribution in [0.5, 0.6) is 0 Å². The van der Waals surface area contributed by atoms with Gasteiger partial charge in [-0.2, -0.15) is 0 Å². The van der Waals surface area contributed by atoms with Crippen LogP contribution in [0.25, 0.3) is 0 Å². The van der Waals surface area contributed by atoms with Crippen LogP contribution in [-0.4, -0.2) is 18.4 Å². The number of hydrogen-bond acceptors (Lipinski definition) is 4. The summed E-state index contributed by atoms with van der Waals surface area (Å²) in [5, 5.41) is 0. The van der Waals surface area contributed by atoms with E-state index in [1.54, 1.807) is 6.20 Å². The summed E-state index contributed by atoms with van der Waals surface area (Å²) < 4.78 is 40.4. The van der Waals surface area contributed by atoms with Crippen molar-refractivity contribution in [1.29, 1.82) is 0 Å². The topological polar surface area (TPSA) is 72.0 Å². The van der Waals surface area contributed by atoms with Crippen molar-refractivity contribution in [2.24, 2.45) is 0 Å². The predicted octanol–water partition coefficient (Wildman–Crippen LogP) is 2.28.